The molecule has 0 radical (unpaired) electrons. The van der Waals surface area contributed by atoms with Crippen molar-refractivity contribution >= 4 is 11.6 Å². The molecule has 0 aliphatic carbocycles. The van der Waals surface area contributed by atoms with E-state index in [1.807, 2.05) is 35.9 Å². The summed E-state index contributed by atoms with van der Waals surface area (Å²) in [5, 5.41) is 9.14. The standard InChI is InChI=1S/C13H12ClN3O/c1-17-10(7-8-15)12(14)16-13(17)9-5-3-4-6-11(9)18-2/h3-6H,7H2,1-2H3. The van der Waals surface area contributed by atoms with Crippen LogP contribution in [-0.4, -0.2) is 16.7 Å². The first-order chi connectivity index (χ1) is 8.69. The highest BCUT2D eigenvalue weighted by atomic mass is 35.5. The van der Waals surface area contributed by atoms with Crippen molar-refractivity contribution in [2.45, 2.75) is 6.42 Å². The van der Waals surface area contributed by atoms with Gasteiger partial charge in [-0.15, -0.1) is 0 Å². The van der Waals surface area contributed by atoms with E-state index in [0.717, 1.165) is 11.3 Å². The second kappa shape index (κ2) is 5.11. The van der Waals surface area contributed by atoms with Crippen LogP contribution in [0.3, 0.4) is 0 Å². The number of hydrogen-bond donors (Lipinski definition) is 0. The molecule has 1 aromatic carbocycles. The van der Waals surface area contributed by atoms with Crippen molar-refractivity contribution in [2.24, 2.45) is 7.05 Å². The second-order valence-corrected chi connectivity index (χ2v) is 4.13. The topological polar surface area (TPSA) is 50.8 Å². The van der Waals surface area contributed by atoms with Gasteiger partial charge in [0.15, 0.2) is 5.15 Å². The Morgan fingerprint density at radius 3 is 2.83 bits per heavy atom. The normalized spacial score (nSPS) is 10.1. The van der Waals surface area contributed by atoms with Crippen molar-refractivity contribution in [3.63, 3.8) is 0 Å². The van der Waals surface area contributed by atoms with Crippen LogP contribution in [0, 0.1) is 11.3 Å². The fraction of sp³-hybridized carbons (Fsp3) is 0.231. The fourth-order valence-corrected chi connectivity index (χ4v) is 2.11. The smallest absolute Gasteiger partial charge is 0.152 e. The highest BCUT2D eigenvalue weighted by Crippen LogP contribution is 2.31. The number of nitrogens with zero attached hydrogens (tertiary/aromatic N) is 3. The number of aromatic nitrogens is 2. The summed E-state index contributed by atoms with van der Waals surface area (Å²) in [6.07, 6.45) is 0.234. The number of hydrogen-bond acceptors (Lipinski definition) is 3. The molecular weight excluding hydrogens is 250 g/mol. The van der Waals surface area contributed by atoms with E-state index in [-0.39, 0.29) is 6.42 Å². The third-order valence-electron chi connectivity index (χ3n) is 2.76. The molecule has 0 amide bonds. The van der Waals surface area contributed by atoms with Gasteiger partial charge in [0.1, 0.15) is 11.6 Å². The summed E-state index contributed by atoms with van der Waals surface area (Å²) in [5.41, 5.74) is 1.56. The molecule has 0 aliphatic rings. The Hall–Kier alpha value is -1.99. The van der Waals surface area contributed by atoms with Gasteiger partial charge in [-0.1, -0.05) is 23.7 Å². The van der Waals surface area contributed by atoms with E-state index in [9.17, 15) is 0 Å². The number of benzene rings is 1. The zero-order chi connectivity index (χ0) is 13.1. The molecule has 0 bridgehead atoms. The number of nitriles is 1. The van der Waals surface area contributed by atoms with Crippen LogP contribution in [0.5, 0.6) is 5.75 Å². The maximum Gasteiger partial charge on any atom is 0.152 e. The molecule has 5 heteroatoms. The van der Waals surface area contributed by atoms with Crippen LogP contribution in [0.4, 0.5) is 0 Å². The average Bonchev–Trinajstić information content (AvgIpc) is 2.67. The van der Waals surface area contributed by atoms with E-state index in [0.29, 0.717) is 16.7 Å². The van der Waals surface area contributed by atoms with Gasteiger partial charge in [0.25, 0.3) is 0 Å². The van der Waals surface area contributed by atoms with Gasteiger partial charge in [0, 0.05) is 7.05 Å². The van der Waals surface area contributed by atoms with Crippen LogP contribution >= 0.6 is 11.6 Å². The Labute approximate surface area is 110 Å². The second-order valence-electron chi connectivity index (χ2n) is 3.77. The van der Waals surface area contributed by atoms with E-state index >= 15 is 0 Å². The molecule has 0 aliphatic heterocycles. The van der Waals surface area contributed by atoms with Gasteiger partial charge in [0.2, 0.25) is 0 Å². The third-order valence-corrected chi connectivity index (χ3v) is 3.06. The van der Waals surface area contributed by atoms with Gasteiger partial charge in [-0.05, 0) is 12.1 Å². The van der Waals surface area contributed by atoms with E-state index in [1.54, 1.807) is 7.11 Å². The molecule has 0 spiro atoms. The number of imidazole rings is 1. The molecule has 0 N–H and O–H groups in total. The number of ether oxygens (including phenoxy) is 1. The van der Waals surface area contributed by atoms with Crippen molar-refractivity contribution in [3.8, 4) is 23.2 Å². The van der Waals surface area contributed by atoms with Gasteiger partial charge in [0.05, 0.1) is 30.9 Å². The minimum absolute atomic E-state index is 0.234. The molecule has 92 valence electrons. The maximum absolute atomic E-state index is 8.77. The predicted molar refractivity (Wildman–Crippen MR) is 69.5 cm³/mol. The van der Waals surface area contributed by atoms with Crippen LogP contribution in [0.2, 0.25) is 5.15 Å². The van der Waals surface area contributed by atoms with Gasteiger partial charge in [-0.25, -0.2) is 4.98 Å². The quantitative estimate of drug-likeness (QED) is 0.854. The average molecular weight is 262 g/mol. The Morgan fingerprint density at radius 1 is 1.44 bits per heavy atom. The third kappa shape index (κ3) is 2.05. The lowest BCUT2D eigenvalue weighted by atomic mass is 10.2. The van der Waals surface area contributed by atoms with Crippen molar-refractivity contribution in [3.05, 3.63) is 35.1 Å². The van der Waals surface area contributed by atoms with E-state index < -0.39 is 0 Å². The monoisotopic (exact) mass is 261 g/mol. The summed E-state index contributed by atoms with van der Waals surface area (Å²) >= 11 is 6.05. The minimum atomic E-state index is 0.234. The van der Waals surface area contributed by atoms with Crippen LogP contribution in [0.1, 0.15) is 5.69 Å². The van der Waals surface area contributed by atoms with Gasteiger partial charge < -0.3 is 9.30 Å². The minimum Gasteiger partial charge on any atom is -0.496 e. The fourth-order valence-electron chi connectivity index (χ4n) is 1.84. The Kier molecular flexibility index (Phi) is 3.54. The zero-order valence-electron chi connectivity index (χ0n) is 10.1. The Bertz CT molecular complexity index is 613. The van der Waals surface area contributed by atoms with Crippen LogP contribution in [0.25, 0.3) is 11.4 Å². The lowest BCUT2D eigenvalue weighted by Crippen LogP contribution is -1.99. The highest BCUT2D eigenvalue weighted by Gasteiger charge is 2.16. The first-order valence-electron chi connectivity index (χ1n) is 5.40. The van der Waals surface area contributed by atoms with Gasteiger partial charge in [-0.2, -0.15) is 5.26 Å². The molecular formula is C13H12ClN3O. The number of para-hydroxylation sites is 1. The van der Waals surface area contributed by atoms with Gasteiger partial charge in [-0.3, -0.25) is 0 Å². The number of rotatable bonds is 3. The number of methoxy groups -OCH3 is 1. The summed E-state index contributed by atoms with van der Waals surface area (Å²) in [4.78, 5) is 4.30. The molecule has 1 aromatic heterocycles. The Balaban J connectivity index is 2.59. The molecule has 2 rings (SSSR count). The molecule has 0 fully saturated rings. The molecule has 1 heterocycles. The predicted octanol–water partition coefficient (Wildman–Crippen LogP) is 2.82. The maximum atomic E-state index is 8.77. The van der Waals surface area contributed by atoms with Crippen LogP contribution in [-0.2, 0) is 13.5 Å². The van der Waals surface area contributed by atoms with E-state index in [2.05, 4.69) is 11.1 Å². The SMILES string of the molecule is COc1ccccc1-c1nc(Cl)c(CC#N)n1C. The van der Waals surface area contributed by atoms with Crippen molar-refractivity contribution < 1.29 is 4.74 Å². The summed E-state index contributed by atoms with van der Waals surface area (Å²) in [6, 6.07) is 9.65. The van der Waals surface area contributed by atoms with E-state index in [4.69, 9.17) is 21.6 Å². The molecule has 2 aromatic rings. The highest BCUT2D eigenvalue weighted by molar-refractivity contribution is 6.30. The molecule has 0 unspecified atom stereocenters. The molecule has 18 heavy (non-hydrogen) atoms. The van der Waals surface area contributed by atoms with Crippen molar-refractivity contribution in [1.82, 2.24) is 9.55 Å². The first kappa shape index (κ1) is 12.5. The first-order valence-corrected chi connectivity index (χ1v) is 5.78. The Morgan fingerprint density at radius 2 is 2.17 bits per heavy atom. The molecule has 4 nitrogen and oxygen atoms in total. The number of halogens is 1. The zero-order valence-corrected chi connectivity index (χ0v) is 10.9. The summed E-state index contributed by atoms with van der Waals surface area (Å²) < 4.78 is 7.13. The van der Waals surface area contributed by atoms with Crippen LogP contribution in [0.15, 0.2) is 24.3 Å². The summed E-state index contributed by atoms with van der Waals surface area (Å²) in [6.45, 7) is 0. The molecule has 0 saturated carbocycles. The van der Waals surface area contributed by atoms with E-state index in [1.165, 1.54) is 0 Å². The summed E-state index contributed by atoms with van der Waals surface area (Å²) in [7, 11) is 3.45. The van der Waals surface area contributed by atoms with Crippen molar-refractivity contribution in [2.75, 3.05) is 7.11 Å². The van der Waals surface area contributed by atoms with Crippen LogP contribution < -0.4 is 4.74 Å². The molecule has 0 saturated heterocycles. The largest absolute Gasteiger partial charge is 0.496 e. The lowest BCUT2D eigenvalue weighted by molar-refractivity contribution is 0.416. The van der Waals surface area contributed by atoms with Gasteiger partial charge >= 0.3 is 0 Å². The lowest BCUT2D eigenvalue weighted by Gasteiger charge is -2.08. The molecule has 0 atom stereocenters. The van der Waals surface area contributed by atoms with Crippen molar-refractivity contribution in [1.29, 1.82) is 5.26 Å². The summed E-state index contributed by atoms with van der Waals surface area (Å²) in [5.74, 6) is 1.42.